The van der Waals surface area contributed by atoms with Crippen molar-refractivity contribution in [2.75, 3.05) is 25.4 Å². The number of carboxylic acids is 1. The van der Waals surface area contributed by atoms with Gasteiger partial charge in [0.25, 0.3) is 0 Å². The van der Waals surface area contributed by atoms with Gasteiger partial charge < -0.3 is 9.84 Å². The minimum atomic E-state index is -3.41. The van der Waals surface area contributed by atoms with Crippen LogP contribution in [0.4, 0.5) is 0 Å². The molecular weight excluding hydrogens is 258 g/mol. The molecule has 7 heteroatoms. The summed E-state index contributed by atoms with van der Waals surface area (Å²) in [6.45, 7) is 5.93. The molecule has 1 aliphatic heterocycles. The number of aliphatic carboxylic acids is 1. The van der Waals surface area contributed by atoms with Gasteiger partial charge in [-0.1, -0.05) is 6.92 Å². The van der Waals surface area contributed by atoms with E-state index in [0.717, 1.165) is 0 Å². The predicted molar refractivity (Wildman–Crippen MR) is 66.7 cm³/mol. The molecule has 1 rings (SSSR count). The summed E-state index contributed by atoms with van der Waals surface area (Å²) >= 11 is 0. The van der Waals surface area contributed by atoms with Crippen molar-refractivity contribution in [1.29, 1.82) is 0 Å². The zero-order valence-corrected chi connectivity index (χ0v) is 11.8. The van der Waals surface area contributed by atoms with Crippen LogP contribution in [0.5, 0.6) is 0 Å². The zero-order valence-electron chi connectivity index (χ0n) is 11.0. The highest BCUT2D eigenvalue weighted by Gasteiger charge is 2.39. The van der Waals surface area contributed by atoms with Crippen LogP contribution in [0.25, 0.3) is 0 Å². The van der Waals surface area contributed by atoms with Gasteiger partial charge in [0.2, 0.25) is 10.0 Å². The van der Waals surface area contributed by atoms with E-state index in [4.69, 9.17) is 9.84 Å². The van der Waals surface area contributed by atoms with Crippen molar-refractivity contribution in [3.8, 4) is 0 Å². The molecule has 2 atom stereocenters. The van der Waals surface area contributed by atoms with E-state index in [1.165, 1.54) is 4.31 Å². The molecule has 0 saturated carbocycles. The highest BCUT2D eigenvalue weighted by molar-refractivity contribution is 7.89. The summed E-state index contributed by atoms with van der Waals surface area (Å²) in [5.74, 6) is -1.78. The zero-order chi connectivity index (χ0) is 13.9. The first-order valence-electron chi connectivity index (χ1n) is 6.06. The lowest BCUT2D eigenvalue weighted by atomic mass is 9.99. The maximum Gasteiger partial charge on any atom is 0.308 e. The van der Waals surface area contributed by atoms with Crippen LogP contribution in [0, 0.1) is 11.8 Å². The van der Waals surface area contributed by atoms with Crippen molar-refractivity contribution in [2.24, 2.45) is 11.8 Å². The highest BCUT2D eigenvalue weighted by Crippen LogP contribution is 2.25. The quantitative estimate of drug-likeness (QED) is 0.760. The highest BCUT2D eigenvalue weighted by atomic mass is 32.2. The Labute approximate surface area is 108 Å². The number of nitrogens with zero attached hydrogens (tertiary/aromatic N) is 1. The van der Waals surface area contributed by atoms with Gasteiger partial charge in [0.1, 0.15) is 0 Å². The first kappa shape index (κ1) is 15.4. The number of sulfonamides is 1. The third-order valence-corrected chi connectivity index (χ3v) is 4.85. The molecule has 0 unspecified atom stereocenters. The molecule has 0 aromatic carbocycles. The lowest BCUT2D eigenvalue weighted by Gasteiger charge is -2.16. The van der Waals surface area contributed by atoms with Gasteiger partial charge in [-0.25, -0.2) is 12.7 Å². The maximum atomic E-state index is 12.0. The van der Waals surface area contributed by atoms with E-state index in [1.54, 1.807) is 6.92 Å². The standard InChI is InChI=1S/C11H21NO5S/c1-8(2)17-4-5-18(15,16)12-6-9(3)10(7-12)11(13)14/h8-10H,4-7H2,1-3H3,(H,13,14)/t9-,10-/m1/s1. The molecule has 18 heavy (non-hydrogen) atoms. The SMILES string of the molecule is CC(C)OCCS(=O)(=O)N1C[C@@H](C)[C@H](C(=O)O)C1. The van der Waals surface area contributed by atoms with Crippen LogP contribution in [0.1, 0.15) is 20.8 Å². The summed E-state index contributed by atoms with van der Waals surface area (Å²) < 4.78 is 30.4. The number of carbonyl (C=O) groups is 1. The molecule has 0 amide bonds. The van der Waals surface area contributed by atoms with Gasteiger partial charge in [0, 0.05) is 13.1 Å². The van der Waals surface area contributed by atoms with E-state index in [9.17, 15) is 13.2 Å². The summed E-state index contributed by atoms with van der Waals surface area (Å²) in [7, 11) is -3.41. The van der Waals surface area contributed by atoms with Gasteiger partial charge in [0.05, 0.1) is 24.4 Å². The Morgan fingerprint density at radius 2 is 2.06 bits per heavy atom. The van der Waals surface area contributed by atoms with Crippen LogP contribution >= 0.6 is 0 Å². The molecule has 0 radical (unpaired) electrons. The minimum absolute atomic E-state index is 0.00975. The van der Waals surface area contributed by atoms with Crippen LogP contribution in [0.3, 0.4) is 0 Å². The molecule has 0 aromatic heterocycles. The summed E-state index contributed by atoms with van der Waals surface area (Å²) in [5.41, 5.74) is 0. The number of hydrogen-bond donors (Lipinski definition) is 1. The van der Waals surface area contributed by atoms with Gasteiger partial charge in [-0.05, 0) is 19.8 Å². The first-order chi connectivity index (χ1) is 8.24. The molecule has 0 aliphatic carbocycles. The molecule has 1 heterocycles. The molecular formula is C11H21NO5S. The van der Waals surface area contributed by atoms with Crippen molar-refractivity contribution in [3.63, 3.8) is 0 Å². The molecule has 1 aliphatic rings. The number of rotatable bonds is 6. The summed E-state index contributed by atoms with van der Waals surface area (Å²) in [5, 5.41) is 8.97. The van der Waals surface area contributed by atoms with E-state index in [-0.39, 0.29) is 37.5 Å². The van der Waals surface area contributed by atoms with E-state index in [0.29, 0.717) is 0 Å². The Kier molecular flexibility index (Phi) is 5.12. The summed E-state index contributed by atoms with van der Waals surface area (Å²) in [6, 6.07) is 0. The van der Waals surface area contributed by atoms with E-state index >= 15 is 0 Å². The average Bonchev–Trinajstić information content (AvgIpc) is 2.60. The van der Waals surface area contributed by atoms with Crippen LogP contribution in [0.2, 0.25) is 0 Å². The van der Waals surface area contributed by atoms with Crippen LogP contribution in [0.15, 0.2) is 0 Å². The van der Waals surface area contributed by atoms with Crippen molar-refractivity contribution >= 4 is 16.0 Å². The van der Waals surface area contributed by atoms with Crippen LogP contribution in [-0.2, 0) is 19.6 Å². The second-order valence-electron chi connectivity index (χ2n) is 4.97. The lowest BCUT2D eigenvalue weighted by molar-refractivity contribution is -0.142. The Morgan fingerprint density at radius 1 is 1.44 bits per heavy atom. The molecule has 0 aromatic rings. The Balaban J connectivity index is 2.57. The smallest absolute Gasteiger partial charge is 0.308 e. The second kappa shape index (κ2) is 5.99. The van der Waals surface area contributed by atoms with Gasteiger partial charge >= 0.3 is 5.97 Å². The van der Waals surface area contributed by atoms with Gasteiger partial charge in [-0.3, -0.25) is 4.79 Å². The van der Waals surface area contributed by atoms with E-state index in [2.05, 4.69) is 0 Å². The number of hydrogen-bond acceptors (Lipinski definition) is 4. The topological polar surface area (TPSA) is 83.9 Å². The van der Waals surface area contributed by atoms with Gasteiger partial charge in [-0.15, -0.1) is 0 Å². The lowest BCUT2D eigenvalue weighted by Crippen LogP contribution is -2.33. The summed E-state index contributed by atoms with van der Waals surface area (Å²) in [6.07, 6.45) is -0.00975. The average molecular weight is 279 g/mol. The fraction of sp³-hybridized carbons (Fsp3) is 0.909. The fourth-order valence-electron chi connectivity index (χ4n) is 1.99. The monoisotopic (exact) mass is 279 g/mol. The van der Waals surface area contributed by atoms with Crippen LogP contribution < -0.4 is 0 Å². The summed E-state index contributed by atoms with van der Waals surface area (Å²) in [4.78, 5) is 10.9. The molecule has 106 valence electrons. The Hall–Kier alpha value is -0.660. The number of ether oxygens (including phenoxy) is 1. The maximum absolute atomic E-state index is 12.0. The minimum Gasteiger partial charge on any atom is -0.481 e. The van der Waals surface area contributed by atoms with Gasteiger partial charge in [-0.2, -0.15) is 0 Å². The van der Waals surface area contributed by atoms with Crippen molar-refractivity contribution < 1.29 is 23.1 Å². The molecule has 1 saturated heterocycles. The van der Waals surface area contributed by atoms with Crippen molar-refractivity contribution in [2.45, 2.75) is 26.9 Å². The molecule has 6 nitrogen and oxygen atoms in total. The van der Waals surface area contributed by atoms with Gasteiger partial charge in [0.15, 0.2) is 0 Å². The Morgan fingerprint density at radius 3 is 2.50 bits per heavy atom. The largest absolute Gasteiger partial charge is 0.481 e. The normalized spacial score (nSPS) is 25.8. The fourth-order valence-corrected chi connectivity index (χ4v) is 3.40. The second-order valence-corrected chi connectivity index (χ2v) is 7.06. The molecule has 0 spiro atoms. The molecule has 0 bridgehead atoms. The van der Waals surface area contributed by atoms with Crippen LogP contribution in [-0.4, -0.2) is 55.4 Å². The van der Waals surface area contributed by atoms with Crippen molar-refractivity contribution in [1.82, 2.24) is 4.31 Å². The molecule has 1 N–H and O–H groups in total. The third kappa shape index (κ3) is 3.93. The number of carboxylic acid groups (broad SMARTS) is 1. The van der Waals surface area contributed by atoms with E-state index < -0.39 is 21.9 Å². The first-order valence-corrected chi connectivity index (χ1v) is 7.67. The third-order valence-electron chi connectivity index (χ3n) is 3.08. The van der Waals surface area contributed by atoms with Crippen molar-refractivity contribution in [3.05, 3.63) is 0 Å². The van der Waals surface area contributed by atoms with E-state index in [1.807, 2.05) is 13.8 Å². The predicted octanol–water partition coefficient (Wildman–Crippen LogP) is 0.394. The molecule has 1 fully saturated rings. The Bertz CT molecular complexity index is 392.